The molecule has 0 aliphatic carbocycles. The minimum Gasteiger partial charge on any atom is -0.505 e. The molecule has 2 aromatic carbocycles. The van der Waals surface area contributed by atoms with E-state index in [-0.39, 0.29) is 118 Å². The molecule has 7 heterocycles. The van der Waals surface area contributed by atoms with E-state index in [2.05, 4.69) is 25.9 Å². The van der Waals surface area contributed by atoms with Crippen LogP contribution < -0.4 is 20.9 Å². The second kappa shape index (κ2) is 35.1. The number of rotatable bonds is 8. The number of aromatic hydroxyl groups is 1. The SMILES string of the molecule is CC1=C[C@@H](O)CC(=O)Cc2nc(co2)C(=O)N2CCC=C2C(=O)OC(C(C)C)C(C)/C=C/C(=O)NCC=C1.CC[C@H]1NC(=O)[C@@H](NC(=O)c2ncccc2O)[C@@H](C)OC(=O)[C@H](c2ccccc2)CC(=O)C2CC(=O)CCN2C(=O)[C@H](Cc2ccc(N(C)C)cc2)N(C)C(=O)[C@@H]2CCCN2C1=O. The number of benzene rings is 2. The fourth-order valence-corrected chi connectivity index (χ4v) is 12.8. The number of ether oxygens (including phenoxy) is 2. The summed E-state index contributed by atoms with van der Waals surface area (Å²) in [6, 6.07) is 12.1. The Morgan fingerprint density at radius 1 is 0.832 bits per heavy atom. The van der Waals surface area contributed by atoms with E-state index >= 15 is 0 Å². The summed E-state index contributed by atoms with van der Waals surface area (Å²) in [6.07, 6.45) is 9.34. The van der Waals surface area contributed by atoms with Gasteiger partial charge >= 0.3 is 11.9 Å². The third-order valence-corrected chi connectivity index (χ3v) is 18.3. The summed E-state index contributed by atoms with van der Waals surface area (Å²) >= 11 is 0. The lowest BCUT2D eigenvalue weighted by Crippen LogP contribution is -2.61. The molecule has 3 saturated heterocycles. The number of carbonyl (C=O) groups excluding carboxylic acids is 12. The Hall–Kier alpha value is -10.4. The first kappa shape index (κ1) is 76.3. The first-order valence-electron chi connectivity index (χ1n) is 34.0. The standard InChI is InChI=1S/C46H55N7O10.C28H35N3O7/c1-6-33-43(59)52-22-11-14-34(52)44(60)51(5)36(24-28-16-18-30(19-17-28)50(3)4)45(61)53-23-20-31(54)25-35(53)38(56)26-32(29-12-8-7-9-13-29)46(62)63-27(2)39(41(57)48-33)49-42(58)40-37(55)15-10-21-47-40;1-17(2)26-19(4)9-10-24(34)29-11-5-7-18(3)13-20(32)14-21(33)15-25-30-22(16-37-25)27(35)31-12-6-8-23(31)28(36)38-26/h7-10,12-13,15-19,21,27,32-36,39,55H,6,11,14,20,22-26H2,1-5H3,(H,48,57)(H,49,58);5,7-10,13,16-17,19-20,26,32H,6,11-12,14-15H2,1-4H3,(H,29,34)/b;7-5?,10-9+,18-13?/t27-,32+,33-,34+,35?,36+,39+;19?,20-,26?/m11/s1. The number of cyclic esters (lactones) is 2. The van der Waals surface area contributed by atoms with Crippen LogP contribution in [0.4, 0.5) is 5.69 Å². The summed E-state index contributed by atoms with van der Waals surface area (Å²) in [4.78, 5) is 180. The average molecular weight is 1390 g/mol. The minimum atomic E-state index is -1.65. The lowest BCUT2D eigenvalue weighted by atomic mass is 9.87. The van der Waals surface area contributed by atoms with Gasteiger partial charge < -0.3 is 64.6 Å². The Bertz CT molecular complexity index is 3860. The number of hydrogen-bond acceptors (Lipinski definition) is 20. The van der Waals surface area contributed by atoms with Crippen LogP contribution in [0, 0.1) is 11.8 Å². The zero-order valence-corrected chi connectivity index (χ0v) is 58.4. The molecule has 27 heteroatoms. The number of amides is 7. The topological polar surface area (TPSA) is 355 Å². The Labute approximate surface area is 586 Å². The number of nitrogens with zero attached hydrogens (tertiary/aromatic N) is 7. The number of pyridine rings is 1. The molecule has 27 nitrogen and oxygen atoms in total. The molecule has 4 aromatic rings. The maximum absolute atomic E-state index is 15.0. The number of carbonyl (C=O) groups is 12. The van der Waals surface area contributed by atoms with Crippen LogP contribution in [0.15, 0.2) is 131 Å². The first-order valence-corrected chi connectivity index (χ1v) is 34.0. The molecule has 0 radical (unpaired) electrons. The van der Waals surface area contributed by atoms with Crippen molar-refractivity contribution in [2.75, 3.05) is 52.2 Å². The number of ketones is 3. The van der Waals surface area contributed by atoms with Gasteiger partial charge in [-0.15, -0.1) is 0 Å². The Morgan fingerprint density at radius 3 is 2.25 bits per heavy atom. The maximum Gasteiger partial charge on any atom is 0.355 e. The predicted octanol–water partition coefficient (Wildman–Crippen LogP) is 4.81. The highest BCUT2D eigenvalue weighted by Crippen LogP contribution is 2.31. The van der Waals surface area contributed by atoms with Crippen LogP contribution >= 0.6 is 0 Å². The number of aromatic nitrogens is 2. The summed E-state index contributed by atoms with van der Waals surface area (Å²) in [6.45, 7) is 11.1. The van der Waals surface area contributed by atoms with E-state index < -0.39 is 125 Å². The van der Waals surface area contributed by atoms with Crippen LogP contribution in [-0.2, 0) is 70.3 Å². The van der Waals surface area contributed by atoms with Gasteiger partial charge in [-0.1, -0.05) is 106 Å². The van der Waals surface area contributed by atoms with Gasteiger partial charge in [-0.05, 0) is 86.9 Å². The number of nitrogens with one attached hydrogen (secondary N) is 3. The molecule has 101 heavy (non-hydrogen) atoms. The van der Waals surface area contributed by atoms with E-state index in [0.717, 1.165) is 23.1 Å². The molecule has 5 aliphatic rings. The van der Waals surface area contributed by atoms with Crippen molar-refractivity contribution >= 4 is 76.3 Å². The van der Waals surface area contributed by atoms with Crippen LogP contribution in [0.2, 0.25) is 0 Å². The Morgan fingerprint density at radius 2 is 1.55 bits per heavy atom. The van der Waals surface area contributed by atoms with Gasteiger partial charge in [-0.2, -0.15) is 0 Å². The number of hydrogen-bond donors (Lipinski definition) is 5. The predicted molar refractivity (Wildman–Crippen MR) is 368 cm³/mol. The quantitative estimate of drug-likeness (QED) is 0.148. The van der Waals surface area contributed by atoms with Crippen molar-refractivity contribution in [2.45, 2.75) is 160 Å². The lowest BCUT2D eigenvalue weighted by Gasteiger charge is -2.40. The molecule has 10 atom stereocenters. The number of likely N-dealkylation sites (N-methyl/N-ethyl adjacent to an activating group) is 1. The molecule has 7 amide bonds. The largest absolute Gasteiger partial charge is 0.505 e. The van der Waals surface area contributed by atoms with E-state index in [4.69, 9.17) is 13.9 Å². The molecule has 538 valence electrons. The summed E-state index contributed by atoms with van der Waals surface area (Å²) in [5.41, 5.74) is 2.41. The highest BCUT2D eigenvalue weighted by atomic mass is 16.6. The zero-order chi connectivity index (χ0) is 73.4. The number of anilines is 1. The second-order valence-electron chi connectivity index (χ2n) is 26.4. The molecular weight excluding hydrogens is 1300 g/mol. The number of aliphatic hydroxyl groups excluding tert-OH is 1. The van der Waals surface area contributed by atoms with E-state index in [1.54, 1.807) is 74.6 Å². The first-order chi connectivity index (χ1) is 48.1. The lowest BCUT2D eigenvalue weighted by molar-refractivity contribution is -0.155. The van der Waals surface area contributed by atoms with Crippen LogP contribution in [0.3, 0.4) is 0 Å². The number of fused-ring (bicyclic) bond motifs is 5. The summed E-state index contributed by atoms with van der Waals surface area (Å²) in [7, 11) is 5.28. The van der Waals surface area contributed by atoms with Crippen LogP contribution in [0.5, 0.6) is 5.75 Å². The second-order valence-corrected chi connectivity index (χ2v) is 26.4. The van der Waals surface area contributed by atoms with Gasteiger partial charge in [0.15, 0.2) is 17.2 Å². The number of Topliss-reactive ketones (excluding diaryl/α,β-unsaturated/α-hetero) is 3. The fraction of sp³-hybridized carbons (Fsp3) is 0.459. The number of allylic oxidation sites excluding steroid dienone is 2. The van der Waals surface area contributed by atoms with Gasteiger partial charge in [-0.25, -0.2) is 14.8 Å². The number of oxazole rings is 1. The summed E-state index contributed by atoms with van der Waals surface area (Å²) in [5.74, 6) is -9.17. The highest BCUT2D eigenvalue weighted by Gasteiger charge is 2.46. The van der Waals surface area contributed by atoms with Crippen molar-refractivity contribution in [1.29, 1.82) is 0 Å². The minimum absolute atomic E-state index is 0.0210. The molecular formula is C74H90N10O17. The van der Waals surface area contributed by atoms with E-state index in [9.17, 15) is 67.7 Å². The van der Waals surface area contributed by atoms with Crippen molar-refractivity contribution < 1.29 is 81.6 Å². The maximum atomic E-state index is 15.0. The van der Waals surface area contributed by atoms with Crippen molar-refractivity contribution in [2.24, 2.45) is 11.8 Å². The van der Waals surface area contributed by atoms with Crippen molar-refractivity contribution in [3.8, 4) is 5.75 Å². The van der Waals surface area contributed by atoms with Crippen LogP contribution in [0.25, 0.3) is 0 Å². The van der Waals surface area contributed by atoms with E-state index in [1.807, 2.05) is 64.0 Å². The third-order valence-electron chi connectivity index (χ3n) is 18.3. The van der Waals surface area contributed by atoms with E-state index in [1.165, 1.54) is 58.0 Å². The normalized spacial score (nSPS) is 25.5. The molecule has 2 bridgehead atoms. The van der Waals surface area contributed by atoms with Gasteiger partial charge in [0.05, 0.1) is 24.5 Å². The third kappa shape index (κ3) is 19.7. The van der Waals surface area contributed by atoms with Crippen molar-refractivity contribution in [3.05, 3.63) is 155 Å². The van der Waals surface area contributed by atoms with Gasteiger partial charge in [-0.3, -0.25) is 52.7 Å². The molecule has 5 aliphatic heterocycles. The summed E-state index contributed by atoms with van der Waals surface area (Å²) in [5, 5.41) is 28.6. The molecule has 0 saturated carbocycles. The smallest absolute Gasteiger partial charge is 0.355 e. The summed E-state index contributed by atoms with van der Waals surface area (Å²) < 4.78 is 17.1. The van der Waals surface area contributed by atoms with Gasteiger partial charge in [0, 0.05) is 97.2 Å². The number of piperidine rings is 1. The van der Waals surface area contributed by atoms with Gasteiger partial charge in [0.1, 0.15) is 65.7 Å². The zero-order valence-electron chi connectivity index (χ0n) is 58.4. The molecule has 9 rings (SSSR count). The molecule has 2 aromatic heterocycles. The number of esters is 2. The Kier molecular flexibility index (Phi) is 26.5. The Balaban J connectivity index is 0.000000291. The van der Waals surface area contributed by atoms with Crippen molar-refractivity contribution in [3.63, 3.8) is 0 Å². The highest BCUT2D eigenvalue weighted by molar-refractivity contribution is 6.03. The van der Waals surface area contributed by atoms with Gasteiger partial charge in [0.25, 0.3) is 11.8 Å². The van der Waals surface area contributed by atoms with Gasteiger partial charge in [0.2, 0.25) is 35.4 Å². The van der Waals surface area contributed by atoms with E-state index in [0.29, 0.717) is 18.4 Å². The van der Waals surface area contributed by atoms with Crippen LogP contribution in [-0.4, -0.2) is 206 Å². The number of aliphatic hydroxyl groups is 1. The van der Waals surface area contributed by atoms with Crippen molar-refractivity contribution in [1.82, 2.24) is 45.5 Å². The molecule has 3 unspecified atom stereocenters. The molecule has 0 spiro atoms. The van der Waals surface area contributed by atoms with Crippen LogP contribution in [0.1, 0.15) is 137 Å². The fourth-order valence-electron chi connectivity index (χ4n) is 12.8. The monoisotopic (exact) mass is 1390 g/mol. The molecule has 5 N–H and O–H groups in total. The molecule has 3 fully saturated rings. The average Bonchev–Trinajstić information content (AvgIpc) is 1.79.